The van der Waals surface area contributed by atoms with E-state index in [9.17, 15) is 9.90 Å². The summed E-state index contributed by atoms with van der Waals surface area (Å²) in [5.41, 5.74) is 0.498. The molecular weight excluding hydrogens is 288 g/mol. The maximum absolute atomic E-state index is 11.4. The number of rotatable bonds is 6. The van der Waals surface area contributed by atoms with E-state index in [1.807, 2.05) is 0 Å². The van der Waals surface area contributed by atoms with Gasteiger partial charge in [-0.15, -0.1) is 0 Å². The number of Topliss-reactive ketones (excluding diaryl/α,β-unsaturated/α-hetero) is 1. The number of hydrogen-bond donors (Lipinski definition) is 1. The SMILES string of the molecule is COC[C@@H](O)COc1cc(Br)ccc1C(C)=O. The third kappa shape index (κ3) is 4.46. The molecular formula is C12H15BrO4. The van der Waals surface area contributed by atoms with Crippen molar-refractivity contribution in [3.63, 3.8) is 0 Å². The first-order chi connectivity index (χ1) is 8.04. The third-order valence-electron chi connectivity index (χ3n) is 2.11. The van der Waals surface area contributed by atoms with Gasteiger partial charge < -0.3 is 14.6 Å². The minimum absolute atomic E-state index is 0.0752. The number of aliphatic hydroxyl groups is 1. The van der Waals surface area contributed by atoms with Crippen LogP contribution in [0.25, 0.3) is 0 Å². The van der Waals surface area contributed by atoms with Crippen LogP contribution in [-0.4, -0.2) is 37.3 Å². The van der Waals surface area contributed by atoms with Crippen LogP contribution in [0.3, 0.4) is 0 Å². The number of methoxy groups -OCH3 is 1. The highest BCUT2D eigenvalue weighted by Crippen LogP contribution is 2.24. The number of benzene rings is 1. The van der Waals surface area contributed by atoms with Crippen LogP contribution in [0.2, 0.25) is 0 Å². The fourth-order valence-electron chi connectivity index (χ4n) is 1.33. The Morgan fingerprint density at radius 2 is 2.18 bits per heavy atom. The molecule has 0 spiro atoms. The molecule has 0 bridgehead atoms. The predicted octanol–water partition coefficient (Wildman–Crippen LogP) is 2.04. The minimum Gasteiger partial charge on any atom is -0.490 e. The summed E-state index contributed by atoms with van der Waals surface area (Å²) in [5, 5.41) is 9.46. The maximum Gasteiger partial charge on any atom is 0.163 e. The van der Waals surface area contributed by atoms with Gasteiger partial charge in [-0.2, -0.15) is 0 Å². The molecule has 1 rings (SSSR count). The number of carbonyl (C=O) groups excluding carboxylic acids is 1. The van der Waals surface area contributed by atoms with E-state index in [-0.39, 0.29) is 19.0 Å². The molecule has 1 atom stereocenters. The van der Waals surface area contributed by atoms with E-state index in [4.69, 9.17) is 9.47 Å². The minimum atomic E-state index is -0.709. The molecule has 0 fully saturated rings. The zero-order valence-electron chi connectivity index (χ0n) is 9.77. The van der Waals surface area contributed by atoms with E-state index in [1.54, 1.807) is 18.2 Å². The summed E-state index contributed by atoms with van der Waals surface area (Å²) in [4.78, 5) is 11.4. The number of aliphatic hydroxyl groups excluding tert-OH is 1. The van der Waals surface area contributed by atoms with E-state index < -0.39 is 6.10 Å². The maximum atomic E-state index is 11.4. The fourth-order valence-corrected chi connectivity index (χ4v) is 1.67. The number of ketones is 1. The third-order valence-corrected chi connectivity index (χ3v) is 2.61. The lowest BCUT2D eigenvalue weighted by Crippen LogP contribution is -2.23. The Morgan fingerprint density at radius 1 is 1.47 bits per heavy atom. The highest BCUT2D eigenvalue weighted by atomic mass is 79.9. The van der Waals surface area contributed by atoms with Gasteiger partial charge in [-0.25, -0.2) is 0 Å². The molecule has 0 radical (unpaired) electrons. The Labute approximate surface area is 109 Å². The van der Waals surface area contributed by atoms with Gasteiger partial charge >= 0.3 is 0 Å². The van der Waals surface area contributed by atoms with Crippen molar-refractivity contribution in [1.82, 2.24) is 0 Å². The van der Waals surface area contributed by atoms with Crippen molar-refractivity contribution in [2.45, 2.75) is 13.0 Å². The number of carbonyl (C=O) groups is 1. The molecule has 0 aliphatic heterocycles. The van der Waals surface area contributed by atoms with Gasteiger partial charge in [0.1, 0.15) is 18.5 Å². The summed E-state index contributed by atoms with van der Waals surface area (Å²) < 4.78 is 11.0. The van der Waals surface area contributed by atoms with Crippen molar-refractivity contribution < 1.29 is 19.4 Å². The van der Waals surface area contributed by atoms with Crippen LogP contribution in [0, 0.1) is 0 Å². The number of ether oxygens (including phenoxy) is 2. The topological polar surface area (TPSA) is 55.8 Å². The van der Waals surface area contributed by atoms with Crippen LogP contribution in [0.5, 0.6) is 5.75 Å². The Hall–Kier alpha value is -0.910. The van der Waals surface area contributed by atoms with E-state index in [0.29, 0.717) is 11.3 Å². The zero-order chi connectivity index (χ0) is 12.8. The largest absolute Gasteiger partial charge is 0.490 e. The van der Waals surface area contributed by atoms with Crippen molar-refractivity contribution in [1.29, 1.82) is 0 Å². The lowest BCUT2D eigenvalue weighted by Gasteiger charge is -2.13. The molecule has 0 aromatic heterocycles. The number of halogens is 1. The van der Waals surface area contributed by atoms with E-state index in [2.05, 4.69) is 15.9 Å². The smallest absolute Gasteiger partial charge is 0.163 e. The van der Waals surface area contributed by atoms with Crippen LogP contribution in [-0.2, 0) is 4.74 Å². The standard InChI is InChI=1S/C12H15BrO4/c1-8(14)11-4-3-9(13)5-12(11)17-7-10(15)6-16-2/h3-5,10,15H,6-7H2,1-2H3/t10-/m1/s1. The first kappa shape index (κ1) is 14.2. The molecule has 0 aliphatic carbocycles. The first-order valence-electron chi connectivity index (χ1n) is 5.15. The van der Waals surface area contributed by atoms with E-state index >= 15 is 0 Å². The van der Waals surface area contributed by atoms with E-state index in [1.165, 1.54) is 14.0 Å². The summed E-state index contributed by atoms with van der Waals surface area (Å²) in [6, 6.07) is 5.16. The number of hydrogen-bond acceptors (Lipinski definition) is 4. The van der Waals surface area contributed by atoms with Crippen LogP contribution < -0.4 is 4.74 Å². The average molecular weight is 303 g/mol. The fraction of sp³-hybridized carbons (Fsp3) is 0.417. The zero-order valence-corrected chi connectivity index (χ0v) is 11.4. The average Bonchev–Trinajstić information content (AvgIpc) is 2.26. The first-order valence-corrected chi connectivity index (χ1v) is 5.94. The molecule has 4 nitrogen and oxygen atoms in total. The molecule has 0 unspecified atom stereocenters. The molecule has 1 N–H and O–H groups in total. The Balaban J connectivity index is 2.75. The Kier molecular flexibility index (Phi) is 5.61. The molecule has 0 amide bonds. The van der Waals surface area contributed by atoms with Crippen molar-refractivity contribution in [3.05, 3.63) is 28.2 Å². The second-order valence-corrected chi connectivity index (χ2v) is 4.53. The van der Waals surface area contributed by atoms with Gasteiger partial charge in [0.2, 0.25) is 0 Å². The molecule has 0 aliphatic rings. The van der Waals surface area contributed by atoms with Gasteiger partial charge in [-0.1, -0.05) is 15.9 Å². The summed E-state index contributed by atoms with van der Waals surface area (Å²) >= 11 is 3.30. The van der Waals surface area contributed by atoms with Crippen molar-refractivity contribution >= 4 is 21.7 Å². The van der Waals surface area contributed by atoms with Crippen LogP contribution in [0.4, 0.5) is 0 Å². The molecule has 0 saturated carbocycles. The van der Waals surface area contributed by atoms with Gasteiger partial charge in [-0.05, 0) is 25.1 Å². The van der Waals surface area contributed by atoms with Crippen LogP contribution in [0.1, 0.15) is 17.3 Å². The molecule has 5 heteroatoms. The summed E-state index contributed by atoms with van der Waals surface area (Å²) in [5.74, 6) is 0.385. The monoisotopic (exact) mass is 302 g/mol. The van der Waals surface area contributed by atoms with Gasteiger partial charge in [0.25, 0.3) is 0 Å². The molecule has 17 heavy (non-hydrogen) atoms. The van der Waals surface area contributed by atoms with Crippen molar-refractivity contribution in [3.8, 4) is 5.75 Å². The lowest BCUT2D eigenvalue weighted by molar-refractivity contribution is 0.0323. The summed E-state index contributed by atoms with van der Waals surface area (Å²) in [7, 11) is 1.50. The van der Waals surface area contributed by atoms with Crippen molar-refractivity contribution in [2.75, 3.05) is 20.3 Å². The van der Waals surface area contributed by atoms with E-state index in [0.717, 1.165) is 4.47 Å². The second kappa shape index (κ2) is 6.74. The van der Waals surface area contributed by atoms with Crippen molar-refractivity contribution in [2.24, 2.45) is 0 Å². The van der Waals surface area contributed by atoms with Crippen LogP contribution in [0.15, 0.2) is 22.7 Å². The molecule has 1 aromatic rings. The normalized spacial score (nSPS) is 12.2. The Morgan fingerprint density at radius 3 is 2.76 bits per heavy atom. The van der Waals surface area contributed by atoms with Gasteiger partial charge in [0.15, 0.2) is 5.78 Å². The lowest BCUT2D eigenvalue weighted by atomic mass is 10.1. The molecule has 0 saturated heterocycles. The second-order valence-electron chi connectivity index (χ2n) is 3.62. The quantitative estimate of drug-likeness (QED) is 0.817. The molecule has 0 heterocycles. The molecule has 94 valence electrons. The van der Waals surface area contributed by atoms with Gasteiger partial charge in [0.05, 0.1) is 12.2 Å². The highest BCUT2D eigenvalue weighted by Gasteiger charge is 2.11. The highest BCUT2D eigenvalue weighted by molar-refractivity contribution is 9.10. The van der Waals surface area contributed by atoms with Crippen LogP contribution >= 0.6 is 15.9 Å². The van der Waals surface area contributed by atoms with Gasteiger partial charge in [0, 0.05) is 11.6 Å². The van der Waals surface area contributed by atoms with Gasteiger partial charge in [-0.3, -0.25) is 4.79 Å². The summed E-state index contributed by atoms with van der Waals surface area (Å²) in [6.07, 6.45) is -0.709. The molecule has 1 aromatic carbocycles. The summed E-state index contributed by atoms with van der Waals surface area (Å²) in [6.45, 7) is 1.76. The predicted molar refractivity (Wildman–Crippen MR) is 67.5 cm³/mol. The Bertz CT molecular complexity index is 392.